The van der Waals surface area contributed by atoms with Gasteiger partial charge in [-0.15, -0.1) is 11.8 Å². The van der Waals surface area contributed by atoms with Gasteiger partial charge in [-0.1, -0.05) is 78.4 Å². The van der Waals surface area contributed by atoms with Crippen molar-refractivity contribution in [1.29, 1.82) is 0 Å². The lowest BCUT2D eigenvalue weighted by molar-refractivity contribution is 1.23. The molecule has 0 atom stereocenters. The minimum Gasteiger partial charge on any atom is -0.375 e. The van der Waals surface area contributed by atoms with E-state index in [2.05, 4.69) is 216 Å². The van der Waals surface area contributed by atoms with E-state index in [1.54, 1.807) is 0 Å². The van der Waals surface area contributed by atoms with E-state index in [1.165, 1.54) is 132 Å². The molecule has 4 aliphatic heterocycles. The Balaban J connectivity index is 1.13. The number of para-hydroxylation sites is 2. The number of fused-ring (bicyclic) bond motifs is 14. The fourth-order valence-electron chi connectivity index (χ4n) is 12.6. The fraction of sp³-hybridized carbons (Fsp3) is 0.0690. The van der Waals surface area contributed by atoms with Crippen molar-refractivity contribution in [1.82, 2.24) is 8.96 Å². The van der Waals surface area contributed by atoms with Gasteiger partial charge >= 0.3 is 13.7 Å². The van der Waals surface area contributed by atoms with Crippen molar-refractivity contribution < 1.29 is 0 Å². The molecule has 0 unspecified atom stereocenters. The predicted molar refractivity (Wildman–Crippen MR) is 280 cm³/mol. The summed E-state index contributed by atoms with van der Waals surface area (Å²) in [5, 5.41) is 5.30. The summed E-state index contributed by atoms with van der Waals surface area (Å²) in [6.45, 7) is 6.61. The molecular weight excluding hydrogens is 806 g/mol. The van der Waals surface area contributed by atoms with E-state index in [4.69, 9.17) is 0 Å². The standard InChI is InChI=1S/C58H40B2N4S/c1-33-21-23-49-41(25-33)45-28-34(2)26-43-39-17-11-19-51-55(39)59(63(49)57(43)45)47-31-48-54(32-53(47)61(51)36-13-7-5-8-14-36)62(37-15-9-6-10-16-37)52-20-12-18-40-44-27-35(3)29-46-42-30-38(65-4)22-24-50(42)64(58(44)46)60(48)56(40)52/h5-32H,1-4H3. The molecule has 15 rings (SSSR count). The highest BCUT2D eigenvalue weighted by molar-refractivity contribution is 7.98. The number of hydrogen-bond acceptors (Lipinski definition) is 3. The molecule has 4 aliphatic rings. The molecule has 0 radical (unpaired) electrons. The van der Waals surface area contributed by atoms with Gasteiger partial charge in [-0.3, -0.25) is 0 Å². The Morgan fingerprint density at radius 1 is 0.385 bits per heavy atom. The molecule has 65 heavy (non-hydrogen) atoms. The van der Waals surface area contributed by atoms with E-state index in [-0.39, 0.29) is 13.7 Å². The second kappa shape index (κ2) is 12.7. The highest BCUT2D eigenvalue weighted by Gasteiger charge is 2.47. The molecule has 7 heteroatoms. The summed E-state index contributed by atoms with van der Waals surface area (Å²) in [4.78, 5) is 6.40. The number of nitrogens with zero attached hydrogens (tertiary/aromatic N) is 4. The lowest BCUT2D eigenvalue weighted by atomic mass is 9.41. The van der Waals surface area contributed by atoms with Gasteiger partial charge in [0.1, 0.15) is 0 Å². The van der Waals surface area contributed by atoms with Gasteiger partial charge in [0.05, 0.1) is 0 Å². The van der Waals surface area contributed by atoms with E-state index in [9.17, 15) is 0 Å². The van der Waals surface area contributed by atoms with Crippen LogP contribution in [-0.4, -0.2) is 28.9 Å². The normalized spacial score (nSPS) is 13.8. The van der Waals surface area contributed by atoms with Crippen LogP contribution in [0, 0.1) is 20.8 Å². The van der Waals surface area contributed by atoms with Crippen LogP contribution in [0.2, 0.25) is 0 Å². The van der Waals surface area contributed by atoms with Crippen molar-refractivity contribution >= 4 is 125 Å². The third-order valence-electron chi connectivity index (χ3n) is 15.0. The molecule has 9 aromatic carbocycles. The van der Waals surface area contributed by atoms with Crippen LogP contribution in [0.3, 0.4) is 0 Å². The molecular formula is C58H40B2N4S. The Bertz CT molecular complexity index is 3940. The molecule has 304 valence electrons. The molecule has 4 nitrogen and oxygen atoms in total. The molecule has 0 bridgehead atoms. The summed E-state index contributed by atoms with van der Waals surface area (Å²) in [5.74, 6) is 0. The Kier molecular flexibility index (Phi) is 7.03. The van der Waals surface area contributed by atoms with Gasteiger partial charge < -0.3 is 18.8 Å². The summed E-state index contributed by atoms with van der Waals surface area (Å²) in [6.07, 6.45) is 2.19. The van der Waals surface area contributed by atoms with Gasteiger partial charge in [-0.05, 0) is 168 Å². The quantitative estimate of drug-likeness (QED) is 0.130. The molecule has 0 saturated carbocycles. The summed E-state index contributed by atoms with van der Waals surface area (Å²) < 4.78 is 5.42. The van der Waals surface area contributed by atoms with Crippen molar-refractivity contribution in [3.8, 4) is 22.3 Å². The number of rotatable bonds is 3. The Morgan fingerprint density at radius 2 is 0.877 bits per heavy atom. The van der Waals surface area contributed by atoms with Gasteiger partial charge in [0.15, 0.2) is 0 Å². The Labute approximate surface area is 382 Å². The average molecular weight is 847 g/mol. The Hall–Kier alpha value is -7.34. The van der Waals surface area contributed by atoms with Crippen LogP contribution in [0.25, 0.3) is 65.9 Å². The van der Waals surface area contributed by atoms with Crippen molar-refractivity contribution in [3.63, 3.8) is 0 Å². The van der Waals surface area contributed by atoms with Crippen molar-refractivity contribution in [2.45, 2.75) is 25.7 Å². The number of anilines is 6. The lowest BCUT2D eigenvalue weighted by Crippen LogP contribution is -2.61. The smallest absolute Gasteiger partial charge is 0.333 e. The molecule has 0 N–H and O–H groups in total. The molecule has 0 spiro atoms. The van der Waals surface area contributed by atoms with Crippen LogP contribution in [-0.2, 0) is 0 Å². The zero-order chi connectivity index (χ0) is 43.0. The van der Waals surface area contributed by atoms with Crippen LogP contribution in [0.15, 0.2) is 175 Å². The Morgan fingerprint density at radius 3 is 1.40 bits per heavy atom. The first-order chi connectivity index (χ1) is 31.9. The van der Waals surface area contributed by atoms with Crippen molar-refractivity contribution in [2.24, 2.45) is 0 Å². The fourth-order valence-corrected chi connectivity index (χ4v) is 13.1. The van der Waals surface area contributed by atoms with Gasteiger partial charge in [0, 0.05) is 93.8 Å². The maximum atomic E-state index is 2.71. The average Bonchev–Trinajstić information content (AvgIpc) is 3.83. The topological polar surface area (TPSA) is 16.3 Å². The highest BCUT2D eigenvalue weighted by Crippen LogP contribution is 2.50. The minimum absolute atomic E-state index is 0.0646. The second-order valence-electron chi connectivity index (χ2n) is 18.7. The first-order valence-corrected chi connectivity index (χ1v) is 24.0. The largest absolute Gasteiger partial charge is 0.375 e. The number of aromatic nitrogens is 2. The number of thioether (sulfide) groups is 1. The summed E-state index contributed by atoms with van der Waals surface area (Å²) in [7, 11) is 0. The van der Waals surface area contributed by atoms with E-state index in [0.29, 0.717) is 0 Å². The second-order valence-corrected chi connectivity index (χ2v) is 19.5. The zero-order valence-electron chi connectivity index (χ0n) is 36.5. The molecule has 0 amide bonds. The molecule has 2 aromatic heterocycles. The maximum Gasteiger partial charge on any atom is 0.333 e. The van der Waals surface area contributed by atoms with Crippen LogP contribution < -0.4 is 31.7 Å². The minimum atomic E-state index is -0.0683. The van der Waals surface area contributed by atoms with Gasteiger partial charge in [-0.25, -0.2) is 0 Å². The molecule has 6 heterocycles. The van der Waals surface area contributed by atoms with E-state index in [0.717, 1.165) is 11.4 Å². The van der Waals surface area contributed by atoms with Crippen molar-refractivity contribution in [2.75, 3.05) is 16.1 Å². The van der Waals surface area contributed by atoms with Crippen LogP contribution in [0.1, 0.15) is 16.7 Å². The first kappa shape index (κ1) is 36.0. The third-order valence-corrected chi connectivity index (χ3v) is 15.7. The first-order valence-electron chi connectivity index (χ1n) is 22.8. The molecule has 11 aromatic rings. The van der Waals surface area contributed by atoms with Gasteiger partial charge in [-0.2, -0.15) is 0 Å². The number of aryl methyl sites for hydroxylation is 3. The molecule has 0 saturated heterocycles. The number of hydrogen-bond donors (Lipinski definition) is 0. The summed E-state index contributed by atoms with van der Waals surface area (Å²) in [5.41, 5.74) is 26.9. The highest BCUT2D eigenvalue weighted by atomic mass is 32.2. The SMILES string of the molecule is CSc1ccc2c(c1)c1cc(C)cc3c1n2B1c2cc4c(cc2N(c2ccccc2)c2cccc-3c21)N(c1ccccc1)c1cccc2c1B4n1c3ccc(C)cc3c3cc(C)cc-2c31. The van der Waals surface area contributed by atoms with E-state index < -0.39 is 0 Å². The predicted octanol–water partition coefficient (Wildman–Crippen LogP) is 12.4. The monoisotopic (exact) mass is 846 g/mol. The summed E-state index contributed by atoms with van der Waals surface area (Å²) >= 11 is 1.82. The van der Waals surface area contributed by atoms with E-state index in [1.807, 2.05) is 11.8 Å². The van der Waals surface area contributed by atoms with Crippen LogP contribution >= 0.6 is 11.8 Å². The van der Waals surface area contributed by atoms with Gasteiger partial charge in [0.25, 0.3) is 0 Å². The molecule has 0 fully saturated rings. The van der Waals surface area contributed by atoms with Crippen LogP contribution in [0.4, 0.5) is 34.1 Å². The maximum absolute atomic E-state index is 2.71. The zero-order valence-corrected chi connectivity index (χ0v) is 37.3. The lowest BCUT2D eigenvalue weighted by Gasteiger charge is -2.44. The van der Waals surface area contributed by atoms with Crippen LogP contribution in [0.5, 0.6) is 0 Å². The number of benzene rings is 9. The third kappa shape index (κ3) is 4.56. The van der Waals surface area contributed by atoms with E-state index >= 15 is 0 Å². The van der Waals surface area contributed by atoms with Crippen molar-refractivity contribution in [3.05, 3.63) is 187 Å². The molecule has 0 aliphatic carbocycles. The summed E-state index contributed by atoms with van der Waals surface area (Å²) in [6, 6.07) is 65.2. The van der Waals surface area contributed by atoms with Gasteiger partial charge in [0.2, 0.25) is 0 Å².